The Morgan fingerprint density at radius 1 is 1.25 bits per heavy atom. The van der Waals surface area contributed by atoms with Crippen LogP contribution in [0.4, 0.5) is 0 Å². The Hall–Kier alpha value is -1.90. The van der Waals surface area contributed by atoms with Crippen LogP contribution in [0.25, 0.3) is 10.9 Å². The van der Waals surface area contributed by atoms with Crippen LogP contribution in [-0.2, 0) is 17.1 Å². The lowest BCUT2D eigenvalue weighted by atomic mass is 9.97. The van der Waals surface area contributed by atoms with E-state index in [4.69, 9.17) is 23.2 Å². The fourth-order valence-corrected chi connectivity index (χ4v) is 5.13. The Balaban J connectivity index is 1.51. The number of aliphatic hydroxyl groups excluding tert-OH is 1. The van der Waals surface area contributed by atoms with Gasteiger partial charge in [-0.3, -0.25) is 14.2 Å². The highest BCUT2D eigenvalue weighted by Gasteiger charge is 2.25. The molecule has 9 heteroatoms. The minimum Gasteiger partial charge on any atom is -0.391 e. The van der Waals surface area contributed by atoms with Crippen LogP contribution in [0.2, 0.25) is 10.0 Å². The first kappa shape index (κ1) is 23.3. The fourth-order valence-electron chi connectivity index (χ4n) is 3.77. The van der Waals surface area contributed by atoms with Gasteiger partial charge in [0.05, 0.1) is 34.9 Å². The van der Waals surface area contributed by atoms with Crippen LogP contribution in [0.15, 0.2) is 52.4 Å². The first-order valence-corrected chi connectivity index (χ1v) is 12.1. The highest BCUT2D eigenvalue weighted by atomic mass is 35.5. The van der Waals surface area contributed by atoms with Crippen molar-refractivity contribution in [1.82, 2.24) is 14.9 Å². The van der Waals surface area contributed by atoms with Crippen LogP contribution in [0.3, 0.4) is 0 Å². The number of aromatic nitrogens is 2. The van der Waals surface area contributed by atoms with Crippen LogP contribution < -0.4 is 10.9 Å². The summed E-state index contributed by atoms with van der Waals surface area (Å²) in [7, 11) is 0. The van der Waals surface area contributed by atoms with Crippen molar-refractivity contribution in [1.29, 1.82) is 0 Å². The molecule has 0 bridgehead atoms. The second-order valence-electron chi connectivity index (χ2n) is 7.91. The summed E-state index contributed by atoms with van der Waals surface area (Å²) in [6.07, 6.45) is 2.58. The smallest absolute Gasteiger partial charge is 0.261 e. The third kappa shape index (κ3) is 5.53. The Labute approximate surface area is 199 Å². The molecule has 2 atom stereocenters. The zero-order valence-electron chi connectivity index (χ0n) is 17.3. The molecule has 1 saturated heterocycles. The molecule has 1 aliphatic rings. The third-order valence-electron chi connectivity index (χ3n) is 5.53. The quantitative estimate of drug-likeness (QED) is 0.484. The van der Waals surface area contributed by atoms with Crippen molar-refractivity contribution in [3.63, 3.8) is 0 Å². The standard InChI is InChI=1S/C23H23Cl2N3O3S/c24-15-5-3-14(4-6-15)12-32-22-9-17-19(10-18(22)25)27-13-28(23(17)31)11-16(29)8-20-21(30)2-1-7-26-20/h3-6,9-10,13,20-21,26,30H,1-2,7-8,11-12H2/t20-,21+/m1/s1. The van der Waals surface area contributed by atoms with E-state index in [0.29, 0.717) is 33.1 Å². The molecule has 0 saturated carbocycles. The number of carbonyl (C=O) groups is 1. The number of Topliss-reactive ketones (excluding diaryl/α,β-unsaturated/α-hetero) is 1. The van der Waals surface area contributed by atoms with Gasteiger partial charge in [-0.05, 0) is 49.2 Å². The predicted molar refractivity (Wildman–Crippen MR) is 129 cm³/mol. The molecule has 2 heterocycles. The van der Waals surface area contributed by atoms with Gasteiger partial charge in [-0.25, -0.2) is 4.98 Å². The van der Waals surface area contributed by atoms with E-state index in [2.05, 4.69) is 10.3 Å². The number of halogens is 2. The van der Waals surface area contributed by atoms with Gasteiger partial charge < -0.3 is 10.4 Å². The van der Waals surface area contributed by atoms with Crippen molar-refractivity contribution < 1.29 is 9.90 Å². The molecule has 6 nitrogen and oxygen atoms in total. The van der Waals surface area contributed by atoms with Crippen LogP contribution in [0.1, 0.15) is 24.8 Å². The maximum absolute atomic E-state index is 13.0. The van der Waals surface area contributed by atoms with E-state index >= 15 is 0 Å². The first-order chi connectivity index (χ1) is 15.4. The second kappa shape index (κ2) is 10.4. The van der Waals surface area contributed by atoms with Gasteiger partial charge in [0.25, 0.3) is 5.56 Å². The summed E-state index contributed by atoms with van der Waals surface area (Å²) < 4.78 is 1.32. The maximum atomic E-state index is 13.0. The summed E-state index contributed by atoms with van der Waals surface area (Å²) in [5, 5.41) is 14.9. The van der Waals surface area contributed by atoms with E-state index in [-0.39, 0.29) is 30.3 Å². The Morgan fingerprint density at radius 2 is 2.03 bits per heavy atom. The van der Waals surface area contributed by atoms with Gasteiger partial charge in [0.2, 0.25) is 0 Å². The van der Waals surface area contributed by atoms with Crippen molar-refractivity contribution in [3.8, 4) is 0 Å². The van der Waals surface area contributed by atoms with E-state index in [1.807, 2.05) is 24.3 Å². The zero-order valence-corrected chi connectivity index (χ0v) is 19.6. The monoisotopic (exact) mass is 491 g/mol. The first-order valence-electron chi connectivity index (χ1n) is 10.4. The lowest BCUT2D eigenvalue weighted by Gasteiger charge is -2.28. The van der Waals surface area contributed by atoms with Gasteiger partial charge in [-0.1, -0.05) is 35.3 Å². The number of hydrogen-bond acceptors (Lipinski definition) is 6. The molecule has 0 radical (unpaired) electrons. The van der Waals surface area contributed by atoms with E-state index in [0.717, 1.165) is 23.4 Å². The summed E-state index contributed by atoms with van der Waals surface area (Å²) in [4.78, 5) is 30.7. The van der Waals surface area contributed by atoms with Gasteiger partial charge >= 0.3 is 0 Å². The molecule has 1 aromatic heterocycles. The number of thioether (sulfide) groups is 1. The Bertz CT molecular complexity index is 1180. The Morgan fingerprint density at radius 3 is 2.78 bits per heavy atom. The SMILES string of the molecule is O=C(C[C@H]1NCCC[C@@H]1O)Cn1cnc2cc(Cl)c(SCc3ccc(Cl)cc3)cc2c1=O. The molecule has 0 aliphatic carbocycles. The van der Waals surface area contributed by atoms with Crippen LogP contribution in [0.5, 0.6) is 0 Å². The molecule has 1 fully saturated rings. The van der Waals surface area contributed by atoms with Gasteiger partial charge in [0.1, 0.15) is 0 Å². The molecule has 1 aliphatic heterocycles. The molecule has 0 spiro atoms. The molecule has 32 heavy (non-hydrogen) atoms. The minimum absolute atomic E-state index is 0.0808. The number of ketones is 1. The number of carbonyl (C=O) groups excluding carboxylic acids is 1. The number of nitrogens with zero attached hydrogens (tertiary/aromatic N) is 2. The van der Waals surface area contributed by atoms with E-state index in [9.17, 15) is 14.7 Å². The summed E-state index contributed by atoms with van der Waals surface area (Å²) in [5.74, 6) is 0.546. The maximum Gasteiger partial charge on any atom is 0.261 e. The number of rotatable bonds is 7. The molecule has 2 N–H and O–H groups in total. The van der Waals surface area contributed by atoms with Gasteiger partial charge in [0.15, 0.2) is 5.78 Å². The Kier molecular flexibility index (Phi) is 7.53. The lowest BCUT2D eigenvalue weighted by molar-refractivity contribution is -0.121. The van der Waals surface area contributed by atoms with Crippen molar-refractivity contribution in [3.05, 3.63) is 68.7 Å². The molecular weight excluding hydrogens is 469 g/mol. The lowest BCUT2D eigenvalue weighted by Crippen LogP contribution is -2.46. The largest absolute Gasteiger partial charge is 0.391 e. The normalized spacial score (nSPS) is 18.7. The summed E-state index contributed by atoms with van der Waals surface area (Å²) in [6.45, 7) is 0.701. The zero-order chi connectivity index (χ0) is 22.7. The number of hydrogen-bond donors (Lipinski definition) is 2. The van der Waals surface area contributed by atoms with E-state index in [1.54, 1.807) is 12.1 Å². The van der Waals surface area contributed by atoms with Crippen LogP contribution >= 0.6 is 35.0 Å². The number of fused-ring (bicyclic) bond motifs is 1. The van der Waals surface area contributed by atoms with Crippen molar-refractivity contribution in [2.75, 3.05) is 6.54 Å². The van der Waals surface area contributed by atoms with Crippen LogP contribution in [-0.4, -0.2) is 39.1 Å². The topological polar surface area (TPSA) is 84.2 Å². The molecule has 3 aromatic rings. The highest BCUT2D eigenvalue weighted by Crippen LogP contribution is 2.32. The number of piperidine rings is 1. The average molecular weight is 492 g/mol. The van der Waals surface area contributed by atoms with E-state index < -0.39 is 6.10 Å². The molecular formula is C23H23Cl2N3O3S. The molecule has 168 valence electrons. The second-order valence-corrected chi connectivity index (χ2v) is 9.77. The van der Waals surface area contributed by atoms with Crippen LogP contribution in [0, 0.1) is 0 Å². The van der Waals surface area contributed by atoms with Crippen molar-refractivity contribution >= 4 is 51.6 Å². The number of aliphatic hydroxyl groups is 1. The van der Waals surface area contributed by atoms with Gasteiger partial charge in [-0.15, -0.1) is 11.8 Å². The van der Waals surface area contributed by atoms with Gasteiger partial charge in [-0.2, -0.15) is 0 Å². The number of nitrogens with one attached hydrogen (secondary N) is 1. The molecule has 4 rings (SSSR count). The molecule has 0 amide bonds. The van der Waals surface area contributed by atoms with E-state index in [1.165, 1.54) is 22.7 Å². The predicted octanol–water partition coefficient (Wildman–Crippen LogP) is 4.07. The molecule has 0 unspecified atom stereocenters. The number of benzene rings is 2. The average Bonchev–Trinajstić information content (AvgIpc) is 2.77. The van der Waals surface area contributed by atoms with Crippen molar-refractivity contribution in [2.24, 2.45) is 0 Å². The van der Waals surface area contributed by atoms with Gasteiger partial charge in [0, 0.05) is 28.1 Å². The third-order valence-corrected chi connectivity index (χ3v) is 7.33. The van der Waals surface area contributed by atoms with Crippen molar-refractivity contribution in [2.45, 2.75) is 48.6 Å². The fraction of sp³-hybridized carbons (Fsp3) is 0.348. The minimum atomic E-state index is -0.540. The summed E-state index contributed by atoms with van der Waals surface area (Å²) in [5.41, 5.74) is 1.29. The summed E-state index contributed by atoms with van der Waals surface area (Å²) in [6, 6.07) is 10.7. The highest BCUT2D eigenvalue weighted by molar-refractivity contribution is 7.98. The summed E-state index contributed by atoms with van der Waals surface area (Å²) >= 11 is 13.9. The molecule has 2 aromatic carbocycles.